The zero-order chi connectivity index (χ0) is 22.9. The van der Waals surface area contributed by atoms with E-state index in [-0.39, 0.29) is 17.6 Å². The maximum Gasteiger partial charge on any atom is 0.223 e. The van der Waals surface area contributed by atoms with Crippen molar-refractivity contribution in [2.45, 2.75) is 39.2 Å². The molecule has 0 saturated carbocycles. The Bertz CT molecular complexity index is 881. The van der Waals surface area contributed by atoms with E-state index in [0.717, 1.165) is 55.8 Å². The molecular formula is C25H32ClFN2O3. The Kier molecular flexibility index (Phi) is 9.18. The highest BCUT2D eigenvalue weighted by Gasteiger charge is 2.25. The van der Waals surface area contributed by atoms with E-state index in [9.17, 15) is 9.18 Å². The average Bonchev–Trinajstić information content (AvgIpc) is 2.80. The molecule has 32 heavy (non-hydrogen) atoms. The minimum Gasteiger partial charge on any atom is -0.493 e. The van der Waals surface area contributed by atoms with Crippen molar-refractivity contribution in [3.8, 4) is 11.5 Å². The Labute approximate surface area is 194 Å². The van der Waals surface area contributed by atoms with Crippen LogP contribution in [0.2, 0.25) is 5.02 Å². The SMILES string of the molecule is CCOc1ccc(CCCNC(=O)C2CCN(Cc3c(F)cccc3Cl)CC2)cc1OC. The quantitative estimate of drug-likeness (QED) is 0.513. The van der Waals surface area contributed by atoms with Gasteiger partial charge in [-0.1, -0.05) is 23.7 Å². The third-order valence-corrected chi connectivity index (χ3v) is 6.23. The van der Waals surface area contributed by atoms with Crippen molar-refractivity contribution in [3.05, 3.63) is 58.4 Å². The summed E-state index contributed by atoms with van der Waals surface area (Å²) >= 11 is 6.14. The van der Waals surface area contributed by atoms with Crippen LogP contribution in [0.25, 0.3) is 0 Å². The van der Waals surface area contributed by atoms with Crippen LogP contribution in [0.3, 0.4) is 0 Å². The van der Waals surface area contributed by atoms with Crippen molar-refractivity contribution in [3.63, 3.8) is 0 Å². The molecule has 2 aromatic carbocycles. The lowest BCUT2D eigenvalue weighted by molar-refractivity contribution is -0.126. The molecule has 0 unspecified atom stereocenters. The number of aryl methyl sites for hydroxylation is 1. The van der Waals surface area contributed by atoms with Crippen LogP contribution in [0.1, 0.15) is 37.3 Å². The molecule has 3 rings (SSSR count). The van der Waals surface area contributed by atoms with E-state index in [0.29, 0.717) is 30.3 Å². The van der Waals surface area contributed by atoms with Gasteiger partial charge in [0.15, 0.2) is 11.5 Å². The zero-order valence-electron chi connectivity index (χ0n) is 18.8. The monoisotopic (exact) mass is 462 g/mol. The van der Waals surface area contributed by atoms with Crippen LogP contribution in [0.4, 0.5) is 4.39 Å². The zero-order valence-corrected chi connectivity index (χ0v) is 19.6. The van der Waals surface area contributed by atoms with Gasteiger partial charge in [-0.3, -0.25) is 9.69 Å². The molecule has 174 valence electrons. The largest absolute Gasteiger partial charge is 0.493 e. The molecule has 2 aromatic rings. The van der Waals surface area contributed by atoms with Gasteiger partial charge in [-0.2, -0.15) is 0 Å². The number of carbonyl (C=O) groups excluding carboxylic acids is 1. The number of rotatable bonds is 10. The van der Waals surface area contributed by atoms with Gasteiger partial charge < -0.3 is 14.8 Å². The summed E-state index contributed by atoms with van der Waals surface area (Å²) in [6.45, 7) is 5.17. The molecule has 1 heterocycles. The summed E-state index contributed by atoms with van der Waals surface area (Å²) in [5.74, 6) is 1.32. The molecule has 0 spiro atoms. The van der Waals surface area contributed by atoms with Crippen LogP contribution in [0.15, 0.2) is 36.4 Å². The maximum absolute atomic E-state index is 14.0. The fourth-order valence-electron chi connectivity index (χ4n) is 4.05. The van der Waals surface area contributed by atoms with Gasteiger partial charge in [0.1, 0.15) is 5.82 Å². The molecule has 0 aromatic heterocycles. The number of halogens is 2. The van der Waals surface area contributed by atoms with E-state index in [1.807, 2.05) is 25.1 Å². The van der Waals surface area contributed by atoms with Crippen molar-refractivity contribution in [2.24, 2.45) is 5.92 Å². The number of hydrogen-bond acceptors (Lipinski definition) is 4. The van der Waals surface area contributed by atoms with Crippen LogP contribution in [-0.2, 0) is 17.8 Å². The van der Waals surface area contributed by atoms with E-state index < -0.39 is 0 Å². The Morgan fingerprint density at radius 1 is 1.22 bits per heavy atom. The van der Waals surface area contributed by atoms with Crippen molar-refractivity contribution in [2.75, 3.05) is 33.4 Å². The lowest BCUT2D eigenvalue weighted by atomic mass is 9.95. The molecule has 1 N–H and O–H groups in total. The average molecular weight is 463 g/mol. The number of benzene rings is 2. The molecule has 0 atom stereocenters. The van der Waals surface area contributed by atoms with E-state index in [2.05, 4.69) is 10.2 Å². The Morgan fingerprint density at radius 3 is 2.69 bits per heavy atom. The molecule has 0 aliphatic carbocycles. The van der Waals surface area contributed by atoms with E-state index in [1.165, 1.54) is 6.07 Å². The van der Waals surface area contributed by atoms with Crippen molar-refractivity contribution in [1.29, 1.82) is 0 Å². The van der Waals surface area contributed by atoms with Crippen LogP contribution in [0, 0.1) is 11.7 Å². The normalized spacial score (nSPS) is 14.9. The Balaban J connectivity index is 1.38. The standard InChI is InChI=1S/C25H32ClFN2O3/c1-3-32-23-10-9-18(16-24(23)31-2)6-5-13-28-25(30)19-11-14-29(15-12-19)17-20-21(26)7-4-8-22(20)27/h4,7-10,16,19H,3,5-6,11-15,17H2,1-2H3,(H,28,30). The van der Waals surface area contributed by atoms with Crippen LogP contribution >= 0.6 is 11.6 Å². The first-order valence-corrected chi connectivity index (χ1v) is 11.6. The van der Waals surface area contributed by atoms with Gasteiger partial charge in [0.05, 0.1) is 13.7 Å². The number of hydrogen-bond donors (Lipinski definition) is 1. The Hall–Kier alpha value is -2.31. The summed E-state index contributed by atoms with van der Waals surface area (Å²) in [6.07, 6.45) is 3.25. The summed E-state index contributed by atoms with van der Waals surface area (Å²) in [4.78, 5) is 14.7. The van der Waals surface area contributed by atoms with Gasteiger partial charge in [0, 0.05) is 29.6 Å². The van der Waals surface area contributed by atoms with Gasteiger partial charge >= 0.3 is 0 Å². The second kappa shape index (κ2) is 12.1. The second-order valence-electron chi connectivity index (χ2n) is 8.06. The van der Waals surface area contributed by atoms with E-state index in [1.54, 1.807) is 19.2 Å². The van der Waals surface area contributed by atoms with Crippen LogP contribution in [-0.4, -0.2) is 44.2 Å². The van der Waals surface area contributed by atoms with Crippen molar-refractivity contribution < 1.29 is 18.7 Å². The van der Waals surface area contributed by atoms with Crippen LogP contribution in [0.5, 0.6) is 11.5 Å². The topological polar surface area (TPSA) is 50.8 Å². The lowest BCUT2D eigenvalue weighted by Crippen LogP contribution is -2.40. The lowest BCUT2D eigenvalue weighted by Gasteiger charge is -2.31. The summed E-state index contributed by atoms with van der Waals surface area (Å²) < 4.78 is 25.0. The van der Waals surface area contributed by atoms with E-state index >= 15 is 0 Å². The molecule has 1 amide bonds. The van der Waals surface area contributed by atoms with Gasteiger partial charge in [-0.05, 0) is 75.5 Å². The first-order valence-electron chi connectivity index (χ1n) is 11.2. The van der Waals surface area contributed by atoms with Crippen LogP contribution < -0.4 is 14.8 Å². The highest BCUT2D eigenvalue weighted by molar-refractivity contribution is 6.31. The second-order valence-corrected chi connectivity index (χ2v) is 8.47. The van der Waals surface area contributed by atoms with Crippen molar-refractivity contribution >= 4 is 17.5 Å². The molecule has 1 aliphatic heterocycles. The minimum atomic E-state index is -0.275. The van der Waals surface area contributed by atoms with E-state index in [4.69, 9.17) is 21.1 Å². The maximum atomic E-state index is 14.0. The predicted molar refractivity (Wildman–Crippen MR) is 125 cm³/mol. The molecule has 0 radical (unpaired) electrons. The highest BCUT2D eigenvalue weighted by Crippen LogP contribution is 2.28. The first kappa shape index (κ1) is 24.3. The van der Waals surface area contributed by atoms with Gasteiger partial charge in [-0.15, -0.1) is 0 Å². The number of methoxy groups -OCH3 is 1. The number of carbonyl (C=O) groups is 1. The summed E-state index contributed by atoms with van der Waals surface area (Å²) in [7, 11) is 1.64. The fraction of sp³-hybridized carbons (Fsp3) is 0.480. The molecule has 1 fully saturated rings. The van der Waals surface area contributed by atoms with Gasteiger partial charge in [0.2, 0.25) is 5.91 Å². The number of nitrogens with one attached hydrogen (secondary N) is 1. The number of ether oxygens (including phenoxy) is 2. The molecular weight excluding hydrogens is 431 g/mol. The molecule has 1 aliphatic rings. The third-order valence-electron chi connectivity index (χ3n) is 5.87. The molecule has 7 heteroatoms. The minimum absolute atomic E-state index is 0.00733. The number of amides is 1. The smallest absolute Gasteiger partial charge is 0.223 e. The highest BCUT2D eigenvalue weighted by atomic mass is 35.5. The Morgan fingerprint density at radius 2 is 2.00 bits per heavy atom. The van der Waals surface area contributed by atoms with Crippen molar-refractivity contribution in [1.82, 2.24) is 10.2 Å². The molecule has 0 bridgehead atoms. The fourth-order valence-corrected chi connectivity index (χ4v) is 4.27. The molecule has 1 saturated heterocycles. The number of likely N-dealkylation sites (tertiary alicyclic amines) is 1. The third kappa shape index (κ3) is 6.59. The number of piperidine rings is 1. The van der Waals surface area contributed by atoms with Gasteiger partial charge in [-0.25, -0.2) is 4.39 Å². The van der Waals surface area contributed by atoms with Gasteiger partial charge in [0.25, 0.3) is 0 Å². The summed E-state index contributed by atoms with van der Waals surface area (Å²) in [6, 6.07) is 10.7. The predicted octanol–water partition coefficient (Wildman–Crippen LogP) is 4.85. The number of nitrogens with zero attached hydrogens (tertiary/aromatic N) is 1. The first-order chi connectivity index (χ1) is 15.5. The summed E-state index contributed by atoms with van der Waals surface area (Å²) in [5.41, 5.74) is 1.68. The molecule has 5 nitrogen and oxygen atoms in total. The summed E-state index contributed by atoms with van der Waals surface area (Å²) in [5, 5.41) is 3.52.